The Labute approximate surface area is 63.1 Å². The Bertz CT molecular complexity index is 145. The van der Waals surface area contributed by atoms with Crippen molar-refractivity contribution < 1.29 is 4.79 Å². The Hall–Kier alpha value is -0.590. The summed E-state index contributed by atoms with van der Waals surface area (Å²) in [5.74, 6) is 0.433. The van der Waals surface area contributed by atoms with Crippen molar-refractivity contribution in [2.75, 3.05) is 0 Å². The van der Waals surface area contributed by atoms with Crippen LogP contribution in [0.1, 0.15) is 34.1 Å². The molecule has 0 aliphatic carbocycles. The lowest BCUT2D eigenvalue weighted by molar-refractivity contribution is -0.119. The van der Waals surface area contributed by atoms with Gasteiger partial charge in [-0.3, -0.25) is 4.79 Å². The molecule has 1 unspecified atom stereocenters. The van der Waals surface area contributed by atoms with Crippen LogP contribution in [0, 0.1) is 5.92 Å². The summed E-state index contributed by atoms with van der Waals surface area (Å²) in [6.45, 7) is 7.68. The number of Topliss-reactive ketones (excluding diaryl/α,β-unsaturated/α-hetero) is 1. The summed E-state index contributed by atoms with van der Waals surface area (Å²) in [6.07, 6.45) is 2.93. The first-order valence-corrected chi connectivity index (χ1v) is 3.76. The van der Waals surface area contributed by atoms with Crippen LogP contribution in [0.3, 0.4) is 0 Å². The van der Waals surface area contributed by atoms with Crippen molar-refractivity contribution in [1.82, 2.24) is 0 Å². The lowest BCUT2D eigenvalue weighted by Gasteiger charge is -2.10. The minimum absolute atomic E-state index is 0.157. The molecule has 58 valence electrons. The summed E-state index contributed by atoms with van der Waals surface area (Å²) in [6, 6.07) is 0. The van der Waals surface area contributed by atoms with E-state index in [9.17, 15) is 4.79 Å². The Balaban J connectivity index is 4.21. The monoisotopic (exact) mass is 140 g/mol. The second-order valence-electron chi connectivity index (χ2n) is 2.60. The highest BCUT2D eigenvalue weighted by Crippen LogP contribution is 2.14. The van der Waals surface area contributed by atoms with Crippen LogP contribution in [-0.2, 0) is 4.79 Å². The van der Waals surface area contributed by atoms with Crippen molar-refractivity contribution in [2.45, 2.75) is 34.1 Å². The third kappa shape index (κ3) is 2.34. The fourth-order valence-corrected chi connectivity index (χ4v) is 1.13. The van der Waals surface area contributed by atoms with Gasteiger partial charge in [-0.05, 0) is 27.2 Å². The maximum absolute atomic E-state index is 10.9. The molecular formula is C9H16O. The number of rotatable bonds is 3. The number of carbonyl (C=O) groups is 1. The van der Waals surface area contributed by atoms with Crippen molar-refractivity contribution >= 4 is 5.78 Å². The van der Waals surface area contributed by atoms with Crippen LogP contribution in [0.5, 0.6) is 0 Å². The van der Waals surface area contributed by atoms with Gasteiger partial charge in [-0.2, -0.15) is 0 Å². The van der Waals surface area contributed by atoms with E-state index in [0.717, 1.165) is 6.42 Å². The zero-order valence-corrected chi connectivity index (χ0v) is 7.27. The average Bonchev–Trinajstić information content (AvgIpc) is 1.88. The molecule has 0 fully saturated rings. The van der Waals surface area contributed by atoms with E-state index >= 15 is 0 Å². The molecule has 0 amide bonds. The molecule has 0 aliphatic rings. The fourth-order valence-electron chi connectivity index (χ4n) is 1.13. The first-order valence-electron chi connectivity index (χ1n) is 3.76. The van der Waals surface area contributed by atoms with Gasteiger partial charge >= 0.3 is 0 Å². The highest BCUT2D eigenvalue weighted by Gasteiger charge is 2.11. The van der Waals surface area contributed by atoms with Gasteiger partial charge in [-0.15, -0.1) is 0 Å². The number of hydrogen-bond donors (Lipinski definition) is 0. The molecule has 0 aromatic carbocycles. The zero-order chi connectivity index (χ0) is 8.15. The van der Waals surface area contributed by atoms with E-state index in [1.807, 2.05) is 26.8 Å². The summed E-state index contributed by atoms with van der Waals surface area (Å²) in [7, 11) is 0. The minimum Gasteiger partial charge on any atom is -0.299 e. The van der Waals surface area contributed by atoms with E-state index < -0.39 is 0 Å². The highest BCUT2D eigenvalue weighted by molar-refractivity contribution is 5.80. The third-order valence-electron chi connectivity index (χ3n) is 1.90. The molecule has 0 saturated carbocycles. The number of hydrogen-bond acceptors (Lipinski definition) is 1. The Morgan fingerprint density at radius 3 is 2.10 bits per heavy atom. The van der Waals surface area contributed by atoms with Gasteiger partial charge in [0.25, 0.3) is 0 Å². The molecule has 10 heavy (non-hydrogen) atoms. The summed E-state index contributed by atoms with van der Waals surface area (Å²) in [5.41, 5.74) is 1.19. The molecule has 0 spiro atoms. The molecule has 1 heteroatoms. The van der Waals surface area contributed by atoms with Gasteiger partial charge in [-0.1, -0.05) is 18.6 Å². The number of allylic oxidation sites excluding steroid dienone is 2. The van der Waals surface area contributed by atoms with E-state index in [-0.39, 0.29) is 11.7 Å². The number of carbonyl (C=O) groups excluding carboxylic acids is 1. The van der Waals surface area contributed by atoms with Crippen molar-refractivity contribution in [1.29, 1.82) is 0 Å². The largest absolute Gasteiger partial charge is 0.299 e. The average molecular weight is 140 g/mol. The first-order chi connectivity index (χ1) is 4.63. The van der Waals surface area contributed by atoms with Gasteiger partial charge in [0, 0.05) is 5.92 Å². The van der Waals surface area contributed by atoms with Crippen LogP contribution < -0.4 is 0 Å². The van der Waals surface area contributed by atoms with Crippen molar-refractivity contribution in [3.8, 4) is 0 Å². The van der Waals surface area contributed by atoms with Gasteiger partial charge in [0.2, 0.25) is 0 Å². The zero-order valence-electron chi connectivity index (χ0n) is 7.27. The van der Waals surface area contributed by atoms with Crippen LogP contribution in [0.4, 0.5) is 0 Å². The van der Waals surface area contributed by atoms with Crippen molar-refractivity contribution in [2.24, 2.45) is 5.92 Å². The third-order valence-corrected chi connectivity index (χ3v) is 1.90. The molecule has 0 aliphatic heterocycles. The van der Waals surface area contributed by atoms with Gasteiger partial charge in [0.1, 0.15) is 5.78 Å². The minimum atomic E-state index is 0.157. The van der Waals surface area contributed by atoms with Gasteiger partial charge in [-0.25, -0.2) is 0 Å². The summed E-state index contributed by atoms with van der Waals surface area (Å²) < 4.78 is 0. The second-order valence-corrected chi connectivity index (χ2v) is 2.60. The highest BCUT2D eigenvalue weighted by atomic mass is 16.1. The van der Waals surface area contributed by atoms with E-state index in [2.05, 4.69) is 0 Å². The van der Waals surface area contributed by atoms with Crippen LogP contribution >= 0.6 is 0 Å². The van der Waals surface area contributed by atoms with Crippen LogP contribution in [0.25, 0.3) is 0 Å². The maximum atomic E-state index is 10.9. The topological polar surface area (TPSA) is 17.1 Å². The standard InChI is InChI=1S/C9H16O/c1-5-7(3)9(6-2)8(4)10/h5,9H,6H2,1-4H3. The van der Waals surface area contributed by atoms with Crippen LogP contribution in [0.2, 0.25) is 0 Å². The molecule has 0 radical (unpaired) electrons. The molecule has 0 heterocycles. The predicted octanol–water partition coefficient (Wildman–Crippen LogP) is 2.57. The van der Waals surface area contributed by atoms with E-state index in [4.69, 9.17) is 0 Å². The lowest BCUT2D eigenvalue weighted by atomic mass is 9.94. The number of ketones is 1. The second kappa shape index (κ2) is 4.26. The summed E-state index contributed by atoms with van der Waals surface area (Å²) >= 11 is 0. The smallest absolute Gasteiger partial charge is 0.136 e. The van der Waals surface area contributed by atoms with Gasteiger partial charge in [0.15, 0.2) is 0 Å². The molecule has 0 N–H and O–H groups in total. The van der Waals surface area contributed by atoms with Crippen LogP contribution in [0.15, 0.2) is 11.6 Å². The van der Waals surface area contributed by atoms with Crippen molar-refractivity contribution in [3.63, 3.8) is 0 Å². The Morgan fingerprint density at radius 1 is 1.50 bits per heavy atom. The maximum Gasteiger partial charge on any atom is 0.136 e. The molecule has 0 aromatic heterocycles. The molecule has 1 nitrogen and oxygen atoms in total. The quantitative estimate of drug-likeness (QED) is 0.551. The summed E-state index contributed by atoms with van der Waals surface area (Å²) in [4.78, 5) is 10.9. The van der Waals surface area contributed by atoms with E-state index in [1.165, 1.54) is 5.57 Å². The molecule has 0 saturated heterocycles. The van der Waals surface area contributed by atoms with Gasteiger partial charge < -0.3 is 0 Å². The lowest BCUT2D eigenvalue weighted by Crippen LogP contribution is -2.10. The molecule has 0 rings (SSSR count). The fraction of sp³-hybridized carbons (Fsp3) is 0.667. The van der Waals surface area contributed by atoms with E-state index in [0.29, 0.717) is 0 Å². The Morgan fingerprint density at radius 2 is 2.00 bits per heavy atom. The van der Waals surface area contributed by atoms with Gasteiger partial charge in [0.05, 0.1) is 0 Å². The molecule has 1 atom stereocenters. The van der Waals surface area contributed by atoms with Crippen LogP contribution in [-0.4, -0.2) is 5.78 Å². The normalized spacial score (nSPS) is 15.0. The summed E-state index contributed by atoms with van der Waals surface area (Å²) in [5, 5.41) is 0. The van der Waals surface area contributed by atoms with Crippen molar-refractivity contribution in [3.05, 3.63) is 11.6 Å². The predicted molar refractivity (Wildman–Crippen MR) is 43.9 cm³/mol. The Kier molecular flexibility index (Phi) is 4.01. The van der Waals surface area contributed by atoms with E-state index in [1.54, 1.807) is 6.92 Å². The molecule has 0 aromatic rings. The SMILES string of the molecule is CC=C(C)C(CC)C(C)=O. The first kappa shape index (κ1) is 9.41. The molecule has 0 bridgehead atoms. The molecular weight excluding hydrogens is 124 g/mol.